The van der Waals surface area contributed by atoms with Gasteiger partial charge in [0.15, 0.2) is 0 Å². The third-order valence-corrected chi connectivity index (χ3v) is 4.74. The lowest BCUT2D eigenvalue weighted by Gasteiger charge is -2.33. The Morgan fingerprint density at radius 3 is 2.92 bits per heavy atom. The second-order valence-electron chi connectivity index (χ2n) is 3.42. The van der Waals surface area contributed by atoms with Crippen molar-refractivity contribution in [3.63, 3.8) is 0 Å². The summed E-state index contributed by atoms with van der Waals surface area (Å²) in [6.07, 6.45) is 1.73. The van der Waals surface area contributed by atoms with Crippen molar-refractivity contribution in [2.75, 3.05) is 0 Å². The summed E-state index contributed by atoms with van der Waals surface area (Å²) in [4.78, 5) is 12.6. The average Bonchev–Trinajstić information content (AvgIpc) is 2.48. The normalized spacial score (nSPS) is 27.4. The van der Waals surface area contributed by atoms with Crippen LogP contribution >= 0.6 is 27.3 Å². The number of rotatable bonds is 2. The summed E-state index contributed by atoms with van der Waals surface area (Å²) >= 11 is 5.27. The van der Waals surface area contributed by atoms with E-state index in [2.05, 4.69) is 34.3 Å². The fraction of sp³-hybridized carbons (Fsp3) is 0.500. The lowest BCUT2D eigenvalue weighted by atomic mass is 9.70. The number of halogens is 1. The molecule has 2 atom stereocenters. The number of hydrogen-bond acceptors (Lipinski definition) is 2. The molecule has 0 bridgehead atoms. The SMILES string of the molecule is CCC1C(=O)CC1c1sccc1Br. The number of hydrogen-bond donors (Lipinski definition) is 0. The summed E-state index contributed by atoms with van der Waals surface area (Å²) in [6, 6.07) is 2.06. The van der Waals surface area contributed by atoms with Crippen molar-refractivity contribution in [3.05, 3.63) is 20.8 Å². The van der Waals surface area contributed by atoms with Crippen LogP contribution in [0.4, 0.5) is 0 Å². The molecule has 2 unspecified atom stereocenters. The van der Waals surface area contributed by atoms with Crippen molar-refractivity contribution >= 4 is 33.0 Å². The molecule has 0 spiro atoms. The zero-order valence-corrected chi connectivity index (χ0v) is 9.82. The van der Waals surface area contributed by atoms with E-state index in [9.17, 15) is 4.79 Å². The first-order valence-electron chi connectivity index (χ1n) is 4.49. The largest absolute Gasteiger partial charge is 0.299 e. The second kappa shape index (κ2) is 3.54. The summed E-state index contributed by atoms with van der Waals surface area (Å²) < 4.78 is 1.17. The van der Waals surface area contributed by atoms with Crippen LogP contribution in [0.5, 0.6) is 0 Å². The Kier molecular flexibility index (Phi) is 2.56. The lowest BCUT2D eigenvalue weighted by molar-refractivity contribution is -0.131. The summed E-state index contributed by atoms with van der Waals surface area (Å²) in [7, 11) is 0. The van der Waals surface area contributed by atoms with Crippen LogP contribution in [-0.2, 0) is 4.79 Å². The van der Waals surface area contributed by atoms with Gasteiger partial charge in [-0.05, 0) is 33.8 Å². The van der Waals surface area contributed by atoms with E-state index >= 15 is 0 Å². The molecule has 0 radical (unpaired) electrons. The quantitative estimate of drug-likeness (QED) is 0.793. The van der Waals surface area contributed by atoms with E-state index in [1.165, 1.54) is 9.35 Å². The Morgan fingerprint density at radius 2 is 2.46 bits per heavy atom. The standard InChI is InChI=1S/C10H11BrOS/c1-2-6-7(5-9(6)12)10-8(11)3-4-13-10/h3-4,6-7H,2,5H2,1H3. The summed E-state index contributed by atoms with van der Waals surface area (Å²) in [5, 5.41) is 2.08. The highest BCUT2D eigenvalue weighted by molar-refractivity contribution is 9.10. The maximum Gasteiger partial charge on any atom is 0.137 e. The van der Waals surface area contributed by atoms with E-state index < -0.39 is 0 Å². The van der Waals surface area contributed by atoms with Crippen LogP contribution < -0.4 is 0 Å². The number of carbonyl (C=O) groups is 1. The predicted molar refractivity (Wildman–Crippen MR) is 58.2 cm³/mol. The first-order valence-corrected chi connectivity index (χ1v) is 6.17. The Bertz CT molecular complexity index is 331. The van der Waals surface area contributed by atoms with Crippen LogP contribution in [0.3, 0.4) is 0 Å². The molecular formula is C10H11BrOS. The molecule has 1 fully saturated rings. The number of ketones is 1. The highest BCUT2D eigenvalue weighted by atomic mass is 79.9. The van der Waals surface area contributed by atoms with Crippen LogP contribution in [-0.4, -0.2) is 5.78 Å². The Labute approximate surface area is 90.3 Å². The van der Waals surface area contributed by atoms with Gasteiger partial charge in [0, 0.05) is 27.6 Å². The van der Waals surface area contributed by atoms with E-state index in [4.69, 9.17) is 0 Å². The molecule has 0 saturated heterocycles. The Morgan fingerprint density at radius 1 is 1.69 bits per heavy atom. The van der Waals surface area contributed by atoms with Gasteiger partial charge in [-0.25, -0.2) is 0 Å². The second-order valence-corrected chi connectivity index (χ2v) is 5.23. The zero-order valence-electron chi connectivity index (χ0n) is 7.42. The van der Waals surface area contributed by atoms with E-state index in [0.29, 0.717) is 11.7 Å². The number of Topliss-reactive ketones (excluding diaryl/α,β-unsaturated/α-hetero) is 1. The summed E-state index contributed by atoms with van der Waals surface area (Å²) in [5.41, 5.74) is 0. The van der Waals surface area contributed by atoms with Gasteiger partial charge in [-0.15, -0.1) is 11.3 Å². The minimum absolute atomic E-state index is 0.287. The van der Waals surface area contributed by atoms with Gasteiger partial charge in [0.05, 0.1) is 0 Å². The third kappa shape index (κ3) is 1.48. The highest BCUT2D eigenvalue weighted by Gasteiger charge is 2.40. The van der Waals surface area contributed by atoms with E-state index in [-0.39, 0.29) is 5.92 Å². The van der Waals surface area contributed by atoms with Crippen LogP contribution in [0, 0.1) is 5.92 Å². The molecule has 2 rings (SSSR count). The monoisotopic (exact) mass is 258 g/mol. The minimum atomic E-state index is 0.287. The molecule has 70 valence electrons. The number of thiophene rings is 1. The molecule has 13 heavy (non-hydrogen) atoms. The van der Waals surface area contributed by atoms with Gasteiger partial charge in [0.1, 0.15) is 5.78 Å². The minimum Gasteiger partial charge on any atom is -0.299 e. The lowest BCUT2D eigenvalue weighted by Crippen LogP contribution is -2.34. The van der Waals surface area contributed by atoms with Gasteiger partial charge in [0.25, 0.3) is 0 Å². The molecule has 1 aromatic rings. The van der Waals surface area contributed by atoms with Crippen molar-refractivity contribution in [2.24, 2.45) is 5.92 Å². The van der Waals surface area contributed by atoms with Crippen molar-refractivity contribution in [2.45, 2.75) is 25.7 Å². The van der Waals surface area contributed by atoms with Crippen molar-refractivity contribution in [1.82, 2.24) is 0 Å². The topological polar surface area (TPSA) is 17.1 Å². The molecular weight excluding hydrogens is 248 g/mol. The van der Waals surface area contributed by atoms with Gasteiger partial charge in [0.2, 0.25) is 0 Å². The van der Waals surface area contributed by atoms with E-state index in [0.717, 1.165) is 12.8 Å². The van der Waals surface area contributed by atoms with Gasteiger partial charge in [-0.3, -0.25) is 4.79 Å². The molecule has 1 aromatic heterocycles. The fourth-order valence-corrected chi connectivity index (χ4v) is 3.77. The van der Waals surface area contributed by atoms with Gasteiger partial charge in [-0.1, -0.05) is 6.92 Å². The van der Waals surface area contributed by atoms with Crippen LogP contribution in [0.2, 0.25) is 0 Å². The maximum absolute atomic E-state index is 11.3. The van der Waals surface area contributed by atoms with Gasteiger partial charge >= 0.3 is 0 Å². The molecule has 1 aliphatic carbocycles. The van der Waals surface area contributed by atoms with Crippen molar-refractivity contribution < 1.29 is 4.79 Å². The summed E-state index contributed by atoms with van der Waals surface area (Å²) in [6.45, 7) is 2.09. The number of carbonyl (C=O) groups excluding carboxylic acids is 1. The predicted octanol–water partition coefficient (Wildman–Crippen LogP) is 3.59. The van der Waals surface area contributed by atoms with Crippen LogP contribution in [0.15, 0.2) is 15.9 Å². The fourth-order valence-electron chi connectivity index (χ4n) is 1.93. The molecule has 1 aliphatic rings. The molecule has 0 N–H and O–H groups in total. The Hall–Kier alpha value is -0.150. The van der Waals surface area contributed by atoms with Crippen molar-refractivity contribution in [1.29, 1.82) is 0 Å². The van der Waals surface area contributed by atoms with Crippen LogP contribution in [0.1, 0.15) is 30.6 Å². The zero-order chi connectivity index (χ0) is 9.42. The molecule has 0 aliphatic heterocycles. The molecule has 0 aromatic carbocycles. The smallest absolute Gasteiger partial charge is 0.137 e. The Balaban J connectivity index is 2.20. The van der Waals surface area contributed by atoms with E-state index in [1.54, 1.807) is 11.3 Å². The first-order chi connectivity index (χ1) is 6.24. The molecule has 1 heterocycles. The van der Waals surface area contributed by atoms with Crippen molar-refractivity contribution in [3.8, 4) is 0 Å². The third-order valence-electron chi connectivity index (χ3n) is 2.74. The highest BCUT2D eigenvalue weighted by Crippen LogP contribution is 2.46. The molecule has 1 saturated carbocycles. The van der Waals surface area contributed by atoms with E-state index in [1.807, 2.05) is 0 Å². The molecule has 0 amide bonds. The first kappa shape index (κ1) is 9.41. The van der Waals surface area contributed by atoms with Gasteiger partial charge < -0.3 is 0 Å². The van der Waals surface area contributed by atoms with Crippen LogP contribution in [0.25, 0.3) is 0 Å². The summed E-state index contributed by atoms with van der Waals surface area (Å²) in [5.74, 6) is 1.22. The van der Waals surface area contributed by atoms with Gasteiger partial charge in [-0.2, -0.15) is 0 Å². The maximum atomic E-state index is 11.3. The average molecular weight is 259 g/mol. The molecule has 1 nitrogen and oxygen atoms in total. The molecule has 3 heteroatoms.